The summed E-state index contributed by atoms with van der Waals surface area (Å²) < 4.78 is 9.40. The van der Waals surface area contributed by atoms with Crippen LogP contribution in [0.4, 0.5) is 0 Å². The van der Waals surface area contributed by atoms with E-state index in [1.54, 1.807) is 24.3 Å². The van der Waals surface area contributed by atoms with E-state index in [0.29, 0.717) is 9.79 Å². The smallest absolute Gasteiger partial charge is 0.357 e. The van der Waals surface area contributed by atoms with Gasteiger partial charge in [0.2, 0.25) is 0 Å². The molecule has 2 aromatic heterocycles. The zero-order chi connectivity index (χ0) is 15.9. The Hall–Kier alpha value is -2.06. The van der Waals surface area contributed by atoms with Gasteiger partial charge < -0.3 is 9.47 Å². The molecule has 8 heteroatoms. The number of carbonyl (C=O) groups excluding carboxylic acids is 2. The molecular formula is C14H12N2O4S2. The van der Waals surface area contributed by atoms with Gasteiger partial charge in [0.15, 0.2) is 11.4 Å². The highest BCUT2D eigenvalue weighted by atomic mass is 33.1. The molecule has 6 nitrogen and oxygen atoms in total. The molecule has 0 spiro atoms. The van der Waals surface area contributed by atoms with Crippen molar-refractivity contribution in [3.05, 3.63) is 48.0 Å². The van der Waals surface area contributed by atoms with Crippen molar-refractivity contribution in [1.29, 1.82) is 0 Å². The molecule has 0 aliphatic heterocycles. The molecule has 2 aromatic rings. The van der Waals surface area contributed by atoms with Crippen LogP contribution in [0.15, 0.2) is 46.5 Å². The highest BCUT2D eigenvalue weighted by Crippen LogP contribution is 2.39. The second-order valence-corrected chi connectivity index (χ2v) is 6.06. The summed E-state index contributed by atoms with van der Waals surface area (Å²) in [5.41, 5.74) is 0.456. The first-order valence-corrected chi connectivity index (χ1v) is 8.23. The molecule has 0 aliphatic rings. The lowest BCUT2D eigenvalue weighted by Crippen LogP contribution is -2.06. The number of ether oxygens (including phenoxy) is 2. The summed E-state index contributed by atoms with van der Waals surface area (Å²) in [6.45, 7) is 0. The quantitative estimate of drug-likeness (QED) is 0.609. The van der Waals surface area contributed by atoms with Crippen LogP contribution in [0.25, 0.3) is 0 Å². The number of hydrogen-bond acceptors (Lipinski definition) is 8. The van der Waals surface area contributed by atoms with E-state index in [2.05, 4.69) is 9.97 Å². The van der Waals surface area contributed by atoms with Crippen molar-refractivity contribution < 1.29 is 19.1 Å². The van der Waals surface area contributed by atoms with Gasteiger partial charge in [-0.3, -0.25) is 0 Å². The SMILES string of the molecule is COC(=O)c1ncccc1SSc1cccnc1C(=O)OC. The maximum Gasteiger partial charge on any atom is 0.357 e. The molecule has 0 amide bonds. The van der Waals surface area contributed by atoms with Gasteiger partial charge in [-0.1, -0.05) is 0 Å². The normalized spacial score (nSPS) is 10.1. The fourth-order valence-corrected chi connectivity index (χ4v) is 3.73. The number of aromatic nitrogens is 2. The first-order chi connectivity index (χ1) is 10.7. The van der Waals surface area contributed by atoms with Crippen molar-refractivity contribution in [3.8, 4) is 0 Å². The summed E-state index contributed by atoms with van der Waals surface area (Å²) in [5, 5.41) is 0. The standard InChI is InChI=1S/C14H12N2O4S2/c1-19-13(17)11-9(5-3-7-15-11)21-22-10-6-4-8-16-12(10)14(18)20-2/h3-8H,1-2H3. The Morgan fingerprint density at radius 2 is 1.27 bits per heavy atom. The summed E-state index contributed by atoms with van der Waals surface area (Å²) in [7, 11) is 5.18. The number of hydrogen-bond donors (Lipinski definition) is 0. The second kappa shape index (κ2) is 7.81. The van der Waals surface area contributed by atoms with Gasteiger partial charge in [0.05, 0.1) is 24.0 Å². The second-order valence-electron chi connectivity index (χ2n) is 3.85. The van der Waals surface area contributed by atoms with Gasteiger partial charge in [-0.15, -0.1) is 0 Å². The van der Waals surface area contributed by atoms with E-state index in [4.69, 9.17) is 9.47 Å². The van der Waals surface area contributed by atoms with E-state index in [0.717, 1.165) is 0 Å². The first-order valence-electron chi connectivity index (χ1n) is 6.08. The fraction of sp³-hybridized carbons (Fsp3) is 0.143. The topological polar surface area (TPSA) is 78.4 Å². The van der Waals surface area contributed by atoms with E-state index in [-0.39, 0.29) is 11.4 Å². The van der Waals surface area contributed by atoms with Crippen molar-refractivity contribution in [3.63, 3.8) is 0 Å². The third kappa shape index (κ3) is 3.77. The Kier molecular flexibility index (Phi) is 5.79. The number of methoxy groups -OCH3 is 2. The van der Waals surface area contributed by atoms with Crippen LogP contribution in [0.5, 0.6) is 0 Å². The molecule has 0 fully saturated rings. The lowest BCUT2D eigenvalue weighted by atomic mass is 10.3. The summed E-state index contributed by atoms with van der Waals surface area (Å²) >= 11 is 0. The van der Waals surface area contributed by atoms with Gasteiger partial charge in [0.1, 0.15) is 0 Å². The van der Waals surface area contributed by atoms with Gasteiger partial charge in [0.25, 0.3) is 0 Å². The van der Waals surface area contributed by atoms with Gasteiger partial charge in [-0.05, 0) is 45.9 Å². The molecule has 2 rings (SSSR count). The molecule has 0 bridgehead atoms. The minimum atomic E-state index is -0.511. The molecule has 0 atom stereocenters. The Labute approximate surface area is 135 Å². The largest absolute Gasteiger partial charge is 0.464 e. The fourth-order valence-electron chi connectivity index (χ4n) is 1.51. The van der Waals surface area contributed by atoms with Crippen LogP contribution in [0.1, 0.15) is 21.0 Å². The highest BCUT2D eigenvalue weighted by Gasteiger charge is 2.17. The zero-order valence-corrected chi connectivity index (χ0v) is 13.4. The maximum atomic E-state index is 11.7. The lowest BCUT2D eigenvalue weighted by molar-refractivity contribution is 0.0581. The van der Waals surface area contributed by atoms with E-state index >= 15 is 0 Å². The van der Waals surface area contributed by atoms with Crippen molar-refractivity contribution in [2.75, 3.05) is 14.2 Å². The van der Waals surface area contributed by atoms with Crippen LogP contribution >= 0.6 is 21.6 Å². The predicted octanol–water partition coefficient (Wildman–Crippen LogP) is 2.85. The summed E-state index contributed by atoms with van der Waals surface area (Å²) in [6.07, 6.45) is 3.04. The zero-order valence-electron chi connectivity index (χ0n) is 11.8. The Morgan fingerprint density at radius 3 is 1.64 bits per heavy atom. The number of esters is 2. The minimum Gasteiger partial charge on any atom is -0.464 e. The van der Waals surface area contributed by atoms with Crippen molar-refractivity contribution in [2.45, 2.75) is 9.79 Å². The molecule has 0 aromatic carbocycles. The highest BCUT2D eigenvalue weighted by molar-refractivity contribution is 8.76. The molecule has 114 valence electrons. The molecule has 0 saturated heterocycles. The molecule has 0 radical (unpaired) electrons. The Balaban J connectivity index is 2.21. The molecule has 0 aliphatic carbocycles. The molecule has 0 unspecified atom stereocenters. The lowest BCUT2D eigenvalue weighted by Gasteiger charge is -2.07. The summed E-state index contributed by atoms with van der Waals surface area (Å²) in [5.74, 6) is -1.02. The average Bonchev–Trinajstić information content (AvgIpc) is 2.59. The van der Waals surface area contributed by atoms with Crippen molar-refractivity contribution in [1.82, 2.24) is 9.97 Å². The third-order valence-corrected chi connectivity index (χ3v) is 4.95. The first kappa shape index (κ1) is 16.3. The predicted molar refractivity (Wildman–Crippen MR) is 82.9 cm³/mol. The Morgan fingerprint density at radius 1 is 0.864 bits per heavy atom. The number of nitrogens with zero attached hydrogens (tertiary/aromatic N) is 2. The van der Waals surface area contributed by atoms with Crippen LogP contribution in [-0.2, 0) is 9.47 Å². The monoisotopic (exact) mass is 336 g/mol. The summed E-state index contributed by atoms with van der Waals surface area (Å²) in [4.78, 5) is 32.7. The van der Waals surface area contributed by atoms with E-state index < -0.39 is 11.9 Å². The molecule has 22 heavy (non-hydrogen) atoms. The number of pyridine rings is 2. The molecular weight excluding hydrogens is 324 g/mol. The molecule has 0 saturated carbocycles. The van der Waals surface area contributed by atoms with Gasteiger partial charge in [-0.25, -0.2) is 19.6 Å². The van der Waals surface area contributed by atoms with Crippen LogP contribution < -0.4 is 0 Å². The van der Waals surface area contributed by atoms with Crippen molar-refractivity contribution in [2.24, 2.45) is 0 Å². The average molecular weight is 336 g/mol. The van der Waals surface area contributed by atoms with Gasteiger partial charge in [-0.2, -0.15) is 0 Å². The molecule has 0 N–H and O–H groups in total. The maximum absolute atomic E-state index is 11.7. The van der Waals surface area contributed by atoms with Crippen LogP contribution in [0, 0.1) is 0 Å². The van der Waals surface area contributed by atoms with Gasteiger partial charge >= 0.3 is 11.9 Å². The number of rotatable bonds is 5. The molecule has 2 heterocycles. The van der Waals surface area contributed by atoms with Crippen LogP contribution in [-0.4, -0.2) is 36.1 Å². The van der Waals surface area contributed by atoms with Crippen LogP contribution in [0.3, 0.4) is 0 Å². The minimum absolute atomic E-state index is 0.228. The van der Waals surface area contributed by atoms with E-state index in [1.807, 2.05) is 0 Å². The van der Waals surface area contributed by atoms with E-state index in [1.165, 1.54) is 48.2 Å². The number of carbonyl (C=O) groups is 2. The van der Waals surface area contributed by atoms with Crippen LogP contribution in [0.2, 0.25) is 0 Å². The third-order valence-electron chi connectivity index (χ3n) is 2.52. The van der Waals surface area contributed by atoms with Crippen molar-refractivity contribution >= 4 is 33.5 Å². The summed E-state index contributed by atoms with van der Waals surface area (Å²) in [6, 6.07) is 6.95. The van der Waals surface area contributed by atoms with E-state index in [9.17, 15) is 9.59 Å². The Bertz CT molecular complexity index is 635. The van der Waals surface area contributed by atoms with Gasteiger partial charge in [0, 0.05) is 12.4 Å².